The number of nitrogens with zero attached hydrogens (tertiary/aromatic N) is 1. The number of fused-ring (bicyclic) bond motifs is 2. The molecule has 0 aromatic carbocycles. The number of carbonyl (C=O) groups excluding carboxylic acids is 2. The third kappa shape index (κ3) is 1.58. The van der Waals surface area contributed by atoms with Crippen LogP contribution in [0.3, 0.4) is 0 Å². The van der Waals surface area contributed by atoms with Crippen LogP contribution >= 0.6 is 11.6 Å². The first-order valence-electron chi connectivity index (χ1n) is 9.12. The first kappa shape index (κ1) is 15.7. The van der Waals surface area contributed by atoms with Crippen LogP contribution in [0, 0.1) is 40.9 Å². The standard InChI is InChI=1S/C19H26ClNO2/c1-4-6-21(7-5-2)18(23)16-11-8-12-15-13(11)10(3)14(15)17(22)19(12,16)9-20/h11-16H,3-9H2,1-2H3. The average molecular weight is 336 g/mol. The lowest BCUT2D eigenvalue weighted by Gasteiger charge is -2.47. The maximum Gasteiger partial charge on any atom is 0.227 e. The van der Waals surface area contributed by atoms with Gasteiger partial charge in [0.25, 0.3) is 0 Å². The van der Waals surface area contributed by atoms with E-state index in [1.54, 1.807) is 0 Å². The quantitative estimate of drug-likeness (QED) is 0.552. The Balaban J connectivity index is 1.73. The summed E-state index contributed by atoms with van der Waals surface area (Å²) in [7, 11) is 0. The van der Waals surface area contributed by atoms with Crippen LogP contribution in [0.2, 0.25) is 0 Å². The van der Waals surface area contributed by atoms with Crippen molar-refractivity contribution >= 4 is 23.3 Å². The Bertz CT molecular complexity index is 582. The zero-order valence-electron chi connectivity index (χ0n) is 14.1. The maximum atomic E-state index is 13.4. The first-order valence-corrected chi connectivity index (χ1v) is 9.65. The molecule has 0 heterocycles. The van der Waals surface area contributed by atoms with Gasteiger partial charge in [0.1, 0.15) is 5.78 Å². The zero-order valence-corrected chi connectivity index (χ0v) is 14.8. The predicted octanol–water partition coefficient (Wildman–Crippen LogP) is 3.13. The molecular formula is C19H26ClNO2. The molecule has 0 spiro atoms. The van der Waals surface area contributed by atoms with Gasteiger partial charge in [-0.05, 0) is 42.9 Å². The van der Waals surface area contributed by atoms with E-state index in [2.05, 4.69) is 20.4 Å². The van der Waals surface area contributed by atoms with Crippen molar-refractivity contribution in [2.75, 3.05) is 19.0 Å². The second kappa shape index (κ2) is 5.08. The van der Waals surface area contributed by atoms with E-state index in [0.29, 0.717) is 29.6 Å². The molecule has 0 N–H and O–H groups in total. The fourth-order valence-electron chi connectivity index (χ4n) is 6.63. The number of hydrogen-bond acceptors (Lipinski definition) is 2. The number of ketones is 1. The summed E-state index contributed by atoms with van der Waals surface area (Å²) in [5, 5.41) is 0. The highest BCUT2D eigenvalue weighted by atomic mass is 35.5. The van der Waals surface area contributed by atoms with Crippen molar-refractivity contribution in [1.29, 1.82) is 0 Å². The van der Waals surface area contributed by atoms with Gasteiger partial charge in [0.15, 0.2) is 0 Å². The smallest absolute Gasteiger partial charge is 0.227 e. The number of Topliss-reactive ketones (excluding diaryl/α,β-unsaturated/α-hetero) is 1. The molecule has 23 heavy (non-hydrogen) atoms. The van der Waals surface area contributed by atoms with Gasteiger partial charge < -0.3 is 4.90 Å². The van der Waals surface area contributed by atoms with Crippen molar-refractivity contribution in [3.05, 3.63) is 12.2 Å². The molecule has 0 aliphatic heterocycles. The lowest BCUT2D eigenvalue weighted by molar-refractivity contribution is -0.147. The van der Waals surface area contributed by atoms with Crippen LogP contribution in [0.4, 0.5) is 0 Å². The molecule has 0 aromatic rings. The molecule has 4 aliphatic carbocycles. The average Bonchev–Trinajstić information content (AvgIpc) is 3.05. The van der Waals surface area contributed by atoms with Crippen LogP contribution in [0.25, 0.3) is 0 Å². The summed E-state index contributed by atoms with van der Waals surface area (Å²) in [6.07, 6.45) is 2.91. The van der Waals surface area contributed by atoms with Crippen molar-refractivity contribution in [3.8, 4) is 0 Å². The minimum atomic E-state index is -0.589. The molecule has 1 amide bonds. The Hall–Kier alpha value is -0.830. The predicted molar refractivity (Wildman–Crippen MR) is 90.0 cm³/mol. The van der Waals surface area contributed by atoms with Gasteiger partial charge in [-0.15, -0.1) is 11.6 Å². The summed E-state index contributed by atoms with van der Waals surface area (Å²) >= 11 is 6.39. The molecule has 7 unspecified atom stereocenters. The molecule has 2 bridgehead atoms. The Kier molecular flexibility index (Phi) is 3.46. The third-order valence-electron chi connectivity index (χ3n) is 7.25. The number of amides is 1. The summed E-state index contributed by atoms with van der Waals surface area (Å²) in [6.45, 7) is 9.97. The van der Waals surface area contributed by atoms with Gasteiger partial charge in [-0.2, -0.15) is 0 Å². The molecule has 0 aromatic heterocycles. The van der Waals surface area contributed by atoms with Gasteiger partial charge in [0.05, 0.1) is 11.3 Å². The Morgan fingerprint density at radius 1 is 1.35 bits per heavy atom. The second-order valence-corrected chi connectivity index (χ2v) is 8.27. The highest BCUT2D eigenvalue weighted by Crippen LogP contribution is 2.79. The lowest BCUT2D eigenvalue weighted by Crippen LogP contribution is -2.52. The van der Waals surface area contributed by atoms with Crippen LogP contribution < -0.4 is 0 Å². The van der Waals surface area contributed by atoms with E-state index in [1.165, 1.54) is 0 Å². The van der Waals surface area contributed by atoms with E-state index < -0.39 is 5.41 Å². The largest absolute Gasteiger partial charge is 0.342 e. The first-order chi connectivity index (χ1) is 11.0. The molecule has 4 fully saturated rings. The molecule has 3 nitrogen and oxygen atoms in total. The van der Waals surface area contributed by atoms with Crippen LogP contribution in [0.15, 0.2) is 12.2 Å². The van der Waals surface area contributed by atoms with Crippen LogP contribution in [0.5, 0.6) is 0 Å². The molecule has 126 valence electrons. The molecule has 4 rings (SSSR count). The van der Waals surface area contributed by atoms with E-state index in [0.717, 1.165) is 37.9 Å². The van der Waals surface area contributed by atoms with Crippen LogP contribution in [-0.2, 0) is 9.59 Å². The van der Waals surface area contributed by atoms with E-state index in [1.807, 2.05) is 4.90 Å². The number of alkyl halides is 1. The maximum absolute atomic E-state index is 13.4. The molecule has 0 saturated heterocycles. The molecule has 7 atom stereocenters. The summed E-state index contributed by atoms with van der Waals surface area (Å²) < 4.78 is 0. The molecule has 4 heteroatoms. The minimum absolute atomic E-state index is 0.0114. The number of hydrogen-bond donors (Lipinski definition) is 0. The van der Waals surface area contributed by atoms with E-state index in [9.17, 15) is 9.59 Å². The van der Waals surface area contributed by atoms with E-state index in [-0.39, 0.29) is 23.5 Å². The van der Waals surface area contributed by atoms with Crippen molar-refractivity contribution in [2.45, 2.75) is 33.1 Å². The molecule has 4 saturated carbocycles. The highest BCUT2D eigenvalue weighted by Gasteiger charge is 2.82. The topological polar surface area (TPSA) is 37.4 Å². The van der Waals surface area contributed by atoms with Crippen LogP contribution in [-0.4, -0.2) is 35.6 Å². The van der Waals surface area contributed by atoms with Crippen molar-refractivity contribution in [2.24, 2.45) is 40.9 Å². The zero-order chi connectivity index (χ0) is 16.5. The Morgan fingerprint density at radius 3 is 2.57 bits per heavy atom. The van der Waals surface area contributed by atoms with Gasteiger partial charge in [-0.3, -0.25) is 9.59 Å². The third-order valence-corrected chi connectivity index (χ3v) is 7.69. The molecule has 0 radical (unpaired) electrons. The lowest BCUT2D eigenvalue weighted by atomic mass is 9.57. The fraction of sp³-hybridized carbons (Fsp3) is 0.789. The summed E-state index contributed by atoms with van der Waals surface area (Å²) in [6, 6.07) is 0. The number of allylic oxidation sites excluding steroid dienone is 1. The van der Waals surface area contributed by atoms with E-state index in [4.69, 9.17) is 11.6 Å². The van der Waals surface area contributed by atoms with Crippen molar-refractivity contribution < 1.29 is 9.59 Å². The monoisotopic (exact) mass is 335 g/mol. The molecule has 4 aliphatic rings. The molecular weight excluding hydrogens is 310 g/mol. The normalized spacial score (nSPS) is 45.5. The van der Waals surface area contributed by atoms with E-state index >= 15 is 0 Å². The summed E-state index contributed by atoms with van der Waals surface area (Å²) in [5.74, 6) is 2.06. The summed E-state index contributed by atoms with van der Waals surface area (Å²) in [4.78, 5) is 28.5. The minimum Gasteiger partial charge on any atom is -0.342 e. The van der Waals surface area contributed by atoms with Gasteiger partial charge >= 0.3 is 0 Å². The highest BCUT2D eigenvalue weighted by molar-refractivity contribution is 6.21. The van der Waals surface area contributed by atoms with Gasteiger partial charge in [-0.1, -0.05) is 26.0 Å². The van der Waals surface area contributed by atoms with Crippen LogP contribution in [0.1, 0.15) is 33.1 Å². The van der Waals surface area contributed by atoms with Crippen molar-refractivity contribution in [1.82, 2.24) is 4.90 Å². The SMILES string of the molecule is C=C1C2C(=O)C3(CCl)C4CC(C1C24)C3C(=O)N(CCC)CCC. The van der Waals surface area contributed by atoms with Gasteiger partial charge in [0.2, 0.25) is 5.91 Å². The van der Waals surface area contributed by atoms with Gasteiger partial charge in [-0.25, -0.2) is 0 Å². The van der Waals surface area contributed by atoms with Crippen molar-refractivity contribution in [3.63, 3.8) is 0 Å². The summed E-state index contributed by atoms with van der Waals surface area (Å²) in [5.41, 5.74) is 0.515. The second-order valence-electron chi connectivity index (χ2n) is 8.00. The van der Waals surface area contributed by atoms with Gasteiger partial charge in [0, 0.05) is 24.9 Å². The number of halogens is 1. The fourth-order valence-corrected chi connectivity index (χ4v) is 7.13. The Labute approximate surface area is 143 Å². The number of rotatable bonds is 6. The Morgan fingerprint density at radius 2 is 2.00 bits per heavy atom. The number of carbonyl (C=O) groups is 2.